The molecule has 3 aromatic carbocycles. The van der Waals surface area contributed by atoms with Gasteiger partial charge in [0, 0.05) is 10.6 Å². The lowest BCUT2D eigenvalue weighted by Crippen LogP contribution is -2.15. The molecule has 0 radical (unpaired) electrons. The van der Waals surface area contributed by atoms with Crippen LogP contribution < -0.4 is 10.0 Å². The molecule has 3 rings (SSSR count). The molecule has 7 heteroatoms. The molecule has 2 N–H and O–H groups in total. The highest BCUT2D eigenvalue weighted by atomic mass is 32.2. The highest BCUT2D eigenvalue weighted by Crippen LogP contribution is 2.23. The molecule has 0 heterocycles. The number of anilines is 2. The summed E-state index contributed by atoms with van der Waals surface area (Å²) in [6, 6.07) is 19.0. The highest BCUT2D eigenvalue weighted by molar-refractivity contribution is 7.98. The molecule has 0 aliphatic rings. The second-order valence-electron chi connectivity index (χ2n) is 6.60. The fraction of sp³-hybridized carbons (Fsp3) is 0.136. The first kappa shape index (κ1) is 21.0. The average molecular weight is 427 g/mol. The van der Waals surface area contributed by atoms with E-state index in [-0.39, 0.29) is 10.8 Å². The van der Waals surface area contributed by atoms with Crippen LogP contribution in [0.25, 0.3) is 0 Å². The van der Waals surface area contributed by atoms with E-state index in [9.17, 15) is 13.2 Å². The van der Waals surface area contributed by atoms with E-state index < -0.39 is 10.0 Å². The molecule has 0 saturated carbocycles. The zero-order chi connectivity index (χ0) is 21.0. The Kier molecular flexibility index (Phi) is 6.30. The number of hydrogen-bond acceptors (Lipinski definition) is 4. The van der Waals surface area contributed by atoms with Crippen molar-refractivity contribution in [2.24, 2.45) is 0 Å². The maximum absolute atomic E-state index is 12.7. The van der Waals surface area contributed by atoms with Gasteiger partial charge in [0.25, 0.3) is 15.9 Å². The SMILES string of the molecule is CSc1ccccc1C(=O)Nc1ccc(S(=O)(=O)Nc2ccc(C)cc2C)cc1. The van der Waals surface area contributed by atoms with Crippen molar-refractivity contribution in [3.8, 4) is 0 Å². The number of rotatable bonds is 6. The van der Waals surface area contributed by atoms with Crippen molar-refractivity contribution in [3.05, 3.63) is 83.4 Å². The molecule has 0 spiro atoms. The second kappa shape index (κ2) is 8.71. The van der Waals surface area contributed by atoms with Gasteiger partial charge in [-0.2, -0.15) is 0 Å². The van der Waals surface area contributed by atoms with Gasteiger partial charge in [-0.05, 0) is 68.1 Å². The van der Waals surface area contributed by atoms with Gasteiger partial charge >= 0.3 is 0 Å². The zero-order valence-corrected chi connectivity index (χ0v) is 18.0. The molecular formula is C22H22N2O3S2. The van der Waals surface area contributed by atoms with Crippen LogP contribution >= 0.6 is 11.8 Å². The Morgan fingerprint density at radius 1 is 0.931 bits per heavy atom. The van der Waals surface area contributed by atoms with Crippen molar-refractivity contribution in [2.45, 2.75) is 23.6 Å². The maximum Gasteiger partial charge on any atom is 0.261 e. The van der Waals surface area contributed by atoms with E-state index in [4.69, 9.17) is 0 Å². The fourth-order valence-corrected chi connectivity index (χ4v) is 4.61. The van der Waals surface area contributed by atoms with Gasteiger partial charge in [0.15, 0.2) is 0 Å². The Hall–Kier alpha value is -2.77. The lowest BCUT2D eigenvalue weighted by molar-refractivity contribution is 0.102. The van der Waals surface area contributed by atoms with Crippen LogP contribution in [0.2, 0.25) is 0 Å². The first-order valence-corrected chi connectivity index (χ1v) is 11.7. The van der Waals surface area contributed by atoms with Crippen LogP contribution in [0.1, 0.15) is 21.5 Å². The van der Waals surface area contributed by atoms with E-state index in [0.29, 0.717) is 16.9 Å². The molecule has 5 nitrogen and oxygen atoms in total. The van der Waals surface area contributed by atoms with Crippen molar-refractivity contribution < 1.29 is 13.2 Å². The Bertz CT molecular complexity index is 1140. The number of carbonyl (C=O) groups excluding carboxylic acids is 1. The van der Waals surface area contributed by atoms with E-state index in [1.165, 1.54) is 23.9 Å². The first-order chi connectivity index (χ1) is 13.8. The maximum atomic E-state index is 12.7. The number of sulfonamides is 1. The van der Waals surface area contributed by atoms with Crippen LogP contribution in [-0.2, 0) is 10.0 Å². The molecule has 0 aliphatic carbocycles. The molecule has 150 valence electrons. The third kappa shape index (κ3) is 4.99. The van der Waals surface area contributed by atoms with Crippen LogP contribution in [0.4, 0.5) is 11.4 Å². The van der Waals surface area contributed by atoms with Crippen molar-refractivity contribution >= 4 is 39.1 Å². The third-order valence-corrected chi connectivity index (χ3v) is 6.58. The van der Waals surface area contributed by atoms with Gasteiger partial charge in [0.1, 0.15) is 0 Å². The third-order valence-electron chi connectivity index (χ3n) is 4.40. The molecule has 0 aliphatic heterocycles. The molecule has 0 fully saturated rings. The van der Waals surface area contributed by atoms with Crippen LogP contribution in [-0.4, -0.2) is 20.6 Å². The van der Waals surface area contributed by atoms with Gasteiger partial charge in [0.2, 0.25) is 0 Å². The predicted molar refractivity (Wildman–Crippen MR) is 119 cm³/mol. The topological polar surface area (TPSA) is 75.3 Å². The van der Waals surface area contributed by atoms with Crippen LogP contribution in [0.15, 0.2) is 76.5 Å². The van der Waals surface area contributed by atoms with Crippen LogP contribution in [0.3, 0.4) is 0 Å². The van der Waals surface area contributed by atoms with E-state index in [1.807, 2.05) is 50.4 Å². The van der Waals surface area contributed by atoms with E-state index >= 15 is 0 Å². The van der Waals surface area contributed by atoms with Gasteiger partial charge in [-0.15, -0.1) is 11.8 Å². The van der Waals surface area contributed by atoms with Gasteiger partial charge in [-0.3, -0.25) is 9.52 Å². The Morgan fingerprint density at radius 3 is 2.28 bits per heavy atom. The molecule has 3 aromatic rings. The summed E-state index contributed by atoms with van der Waals surface area (Å²) in [5, 5.41) is 2.81. The van der Waals surface area contributed by atoms with E-state index in [1.54, 1.807) is 24.3 Å². The summed E-state index contributed by atoms with van der Waals surface area (Å²) in [6.45, 7) is 3.81. The van der Waals surface area contributed by atoms with E-state index in [2.05, 4.69) is 10.0 Å². The molecule has 0 bridgehead atoms. The summed E-state index contributed by atoms with van der Waals surface area (Å²) < 4.78 is 28.0. The van der Waals surface area contributed by atoms with Gasteiger partial charge < -0.3 is 5.32 Å². The first-order valence-electron chi connectivity index (χ1n) is 8.94. The van der Waals surface area contributed by atoms with Gasteiger partial charge in [-0.25, -0.2) is 8.42 Å². The number of aryl methyl sites for hydroxylation is 2. The van der Waals surface area contributed by atoms with E-state index in [0.717, 1.165) is 16.0 Å². The minimum absolute atomic E-state index is 0.125. The van der Waals surface area contributed by atoms with Gasteiger partial charge in [0.05, 0.1) is 16.1 Å². The van der Waals surface area contributed by atoms with Gasteiger partial charge in [-0.1, -0.05) is 29.8 Å². The number of benzene rings is 3. The Labute approximate surface area is 175 Å². The average Bonchev–Trinajstić information content (AvgIpc) is 2.70. The molecule has 1 amide bonds. The molecule has 0 saturated heterocycles. The normalized spacial score (nSPS) is 11.1. The fourth-order valence-electron chi connectivity index (χ4n) is 2.88. The summed E-state index contributed by atoms with van der Waals surface area (Å²) >= 11 is 1.49. The minimum atomic E-state index is -3.72. The summed E-state index contributed by atoms with van der Waals surface area (Å²) in [7, 11) is -3.72. The van der Waals surface area contributed by atoms with Crippen molar-refractivity contribution in [2.75, 3.05) is 16.3 Å². The number of amides is 1. The van der Waals surface area contributed by atoms with Crippen LogP contribution in [0, 0.1) is 13.8 Å². The number of thioether (sulfide) groups is 1. The van der Waals surface area contributed by atoms with Crippen molar-refractivity contribution in [1.29, 1.82) is 0 Å². The monoisotopic (exact) mass is 426 g/mol. The highest BCUT2D eigenvalue weighted by Gasteiger charge is 2.16. The summed E-state index contributed by atoms with van der Waals surface area (Å²) in [5.74, 6) is -0.237. The molecule has 29 heavy (non-hydrogen) atoms. The molecule has 0 unspecified atom stereocenters. The number of nitrogens with one attached hydrogen (secondary N) is 2. The van der Waals surface area contributed by atoms with Crippen molar-refractivity contribution in [1.82, 2.24) is 0 Å². The Morgan fingerprint density at radius 2 is 1.62 bits per heavy atom. The number of hydrogen-bond donors (Lipinski definition) is 2. The molecule has 0 aromatic heterocycles. The lowest BCUT2D eigenvalue weighted by Gasteiger charge is -2.12. The molecule has 0 atom stereocenters. The van der Waals surface area contributed by atoms with Crippen LogP contribution in [0.5, 0.6) is 0 Å². The predicted octanol–water partition coefficient (Wildman–Crippen LogP) is 5.08. The smallest absolute Gasteiger partial charge is 0.261 e. The quantitative estimate of drug-likeness (QED) is 0.539. The van der Waals surface area contributed by atoms with Crippen molar-refractivity contribution in [3.63, 3.8) is 0 Å². The lowest BCUT2D eigenvalue weighted by atomic mass is 10.1. The molecular weight excluding hydrogens is 404 g/mol. The second-order valence-corrected chi connectivity index (χ2v) is 9.13. The summed E-state index contributed by atoms with van der Waals surface area (Å²) in [6.07, 6.45) is 1.91. The zero-order valence-electron chi connectivity index (χ0n) is 16.4. The Balaban J connectivity index is 1.76. The largest absolute Gasteiger partial charge is 0.322 e. The minimum Gasteiger partial charge on any atom is -0.322 e. The summed E-state index contributed by atoms with van der Waals surface area (Å²) in [4.78, 5) is 13.5. The number of carbonyl (C=O) groups is 1. The standard InChI is InChI=1S/C22H22N2O3S2/c1-15-8-13-20(16(2)14-15)24-29(26,27)18-11-9-17(10-12-18)23-22(25)19-6-4-5-7-21(19)28-3/h4-14,24H,1-3H3,(H,23,25). The summed E-state index contributed by atoms with van der Waals surface area (Å²) in [5.41, 5.74) is 3.56.